The van der Waals surface area contributed by atoms with E-state index in [1.807, 2.05) is 24.3 Å². The number of nitrogens with two attached hydrogens (primary N) is 1. The lowest BCUT2D eigenvalue weighted by Gasteiger charge is -2.08. The van der Waals surface area contributed by atoms with Crippen molar-refractivity contribution in [3.8, 4) is 17.0 Å². The minimum Gasteiger partial charge on any atom is -0.483 e. The van der Waals surface area contributed by atoms with E-state index < -0.39 is 23.1 Å². The van der Waals surface area contributed by atoms with Crippen LogP contribution in [0, 0.1) is 11.6 Å². The summed E-state index contributed by atoms with van der Waals surface area (Å²) in [5.74, 6) is -3.61. The molecule has 0 aliphatic carbocycles. The van der Waals surface area contributed by atoms with Gasteiger partial charge in [-0.1, -0.05) is 37.6 Å². The molecule has 1 heterocycles. The number of nitrogens with zero attached hydrogens (tertiary/aromatic N) is 1. The van der Waals surface area contributed by atoms with E-state index in [-0.39, 0.29) is 19.0 Å². The Balaban J connectivity index is 1.85. The number of halogens is 2. The average molecular weight is 418 g/mol. The summed E-state index contributed by atoms with van der Waals surface area (Å²) in [5.41, 5.74) is 6.75. The molecule has 0 aliphatic rings. The zero-order valence-corrected chi connectivity index (χ0v) is 16.6. The molecule has 0 fully saturated rings. The van der Waals surface area contributed by atoms with Crippen LogP contribution in [0.2, 0.25) is 0 Å². The Bertz CT molecular complexity index is 1020. The minimum atomic E-state index is -1.20. The van der Waals surface area contributed by atoms with Crippen LogP contribution in [-0.2, 0) is 19.6 Å². The predicted octanol–water partition coefficient (Wildman–Crippen LogP) is 4.21. The molecule has 0 saturated carbocycles. The molecule has 0 bridgehead atoms. The van der Waals surface area contributed by atoms with Crippen molar-refractivity contribution >= 4 is 17.2 Å². The van der Waals surface area contributed by atoms with Gasteiger partial charge in [-0.3, -0.25) is 4.79 Å². The van der Waals surface area contributed by atoms with Crippen LogP contribution in [0.1, 0.15) is 39.2 Å². The SMILES string of the molecule is CCCc1sc(COc2ccc(F)c(C(N)=O)c2F)nc1-c1ccc(CO)cc1. The molecule has 1 amide bonds. The Morgan fingerprint density at radius 2 is 1.93 bits per heavy atom. The fraction of sp³-hybridized carbons (Fsp3) is 0.238. The van der Waals surface area contributed by atoms with Gasteiger partial charge in [-0.25, -0.2) is 13.8 Å². The number of rotatable bonds is 8. The van der Waals surface area contributed by atoms with Crippen molar-refractivity contribution in [2.45, 2.75) is 33.0 Å². The van der Waals surface area contributed by atoms with Crippen molar-refractivity contribution in [1.29, 1.82) is 0 Å². The fourth-order valence-electron chi connectivity index (χ4n) is 2.86. The van der Waals surface area contributed by atoms with E-state index in [0.29, 0.717) is 5.01 Å². The summed E-state index contributed by atoms with van der Waals surface area (Å²) in [5, 5.41) is 9.82. The molecule has 0 spiro atoms. The van der Waals surface area contributed by atoms with Gasteiger partial charge in [-0.15, -0.1) is 11.3 Å². The molecule has 3 rings (SSSR count). The number of hydrogen-bond donors (Lipinski definition) is 2. The molecule has 0 saturated heterocycles. The van der Waals surface area contributed by atoms with Gasteiger partial charge < -0.3 is 15.6 Å². The molecule has 3 aromatic rings. The maximum atomic E-state index is 14.3. The van der Waals surface area contributed by atoms with Gasteiger partial charge in [-0.05, 0) is 24.1 Å². The fourth-order valence-corrected chi connectivity index (χ4v) is 3.97. The van der Waals surface area contributed by atoms with Gasteiger partial charge in [0, 0.05) is 10.4 Å². The Labute approximate surface area is 170 Å². The number of thiazole rings is 1. The Hall–Kier alpha value is -2.84. The molecule has 0 atom stereocenters. The summed E-state index contributed by atoms with van der Waals surface area (Å²) in [4.78, 5) is 16.9. The van der Waals surface area contributed by atoms with Crippen molar-refractivity contribution in [3.05, 3.63) is 69.0 Å². The van der Waals surface area contributed by atoms with Gasteiger partial charge in [0.1, 0.15) is 23.0 Å². The number of hydrogen-bond acceptors (Lipinski definition) is 5. The first-order valence-corrected chi connectivity index (χ1v) is 9.85. The lowest BCUT2D eigenvalue weighted by molar-refractivity contribution is 0.0991. The zero-order chi connectivity index (χ0) is 21.0. The molecule has 1 aromatic heterocycles. The van der Waals surface area contributed by atoms with Crippen molar-refractivity contribution in [3.63, 3.8) is 0 Å². The van der Waals surface area contributed by atoms with Crippen LogP contribution < -0.4 is 10.5 Å². The molecular weight excluding hydrogens is 398 g/mol. The van der Waals surface area contributed by atoms with E-state index in [1.54, 1.807) is 0 Å². The zero-order valence-electron chi connectivity index (χ0n) is 15.7. The van der Waals surface area contributed by atoms with Gasteiger partial charge in [0.05, 0.1) is 12.3 Å². The number of carbonyl (C=O) groups is 1. The summed E-state index contributed by atoms with van der Waals surface area (Å²) in [6.07, 6.45) is 1.75. The third-order valence-electron chi connectivity index (χ3n) is 4.28. The smallest absolute Gasteiger partial charge is 0.254 e. The van der Waals surface area contributed by atoms with Gasteiger partial charge in [0.25, 0.3) is 5.91 Å². The molecular formula is C21H20F2N2O3S. The number of aliphatic hydroxyl groups excluding tert-OH is 1. The molecule has 5 nitrogen and oxygen atoms in total. The molecule has 3 N–H and O–H groups in total. The molecule has 29 heavy (non-hydrogen) atoms. The quantitative estimate of drug-likeness (QED) is 0.574. The van der Waals surface area contributed by atoms with Gasteiger partial charge in [0.15, 0.2) is 11.6 Å². The number of aromatic nitrogens is 1. The van der Waals surface area contributed by atoms with Crippen molar-refractivity contribution in [2.24, 2.45) is 5.73 Å². The Morgan fingerprint density at radius 1 is 1.21 bits per heavy atom. The van der Waals surface area contributed by atoms with E-state index in [1.165, 1.54) is 11.3 Å². The first kappa shape index (κ1) is 20.9. The van der Waals surface area contributed by atoms with Crippen LogP contribution in [0.15, 0.2) is 36.4 Å². The lowest BCUT2D eigenvalue weighted by atomic mass is 10.1. The highest BCUT2D eigenvalue weighted by molar-refractivity contribution is 7.12. The maximum Gasteiger partial charge on any atom is 0.254 e. The maximum absolute atomic E-state index is 14.3. The van der Waals surface area contributed by atoms with Gasteiger partial charge in [-0.2, -0.15) is 0 Å². The second-order valence-electron chi connectivity index (χ2n) is 6.37. The third-order valence-corrected chi connectivity index (χ3v) is 5.37. The minimum absolute atomic E-state index is 0.0309. The monoisotopic (exact) mass is 418 g/mol. The van der Waals surface area contributed by atoms with Crippen LogP contribution in [0.4, 0.5) is 8.78 Å². The summed E-state index contributed by atoms with van der Waals surface area (Å²) < 4.78 is 33.4. The number of carbonyl (C=O) groups excluding carboxylic acids is 1. The van der Waals surface area contributed by atoms with Crippen LogP contribution >= 0.6 is 11.3 Å². The van der Waals surface area contributed by atoms with Gasteiger partial charge in [0.2, 0.25) is 0 Å². The summed E-state index contributed by atoms with van der Waals surface area (Å²) in [7, 11) is 0. The highest BCUT2D eigenvalue weighted by atomic mass is 32.1. The predicted molar refractivity (Wildman–Crippen MR) is 107 cm³/mol. The Kier molecular flexibility index (Phi) is 6.56. The standard InChI is InChI=1S/C21H20F2N2O3S/c1-2-3-16-20(13-6-4-12(10-26)5-7-13)25-17(29-16)11-28-15-9-8-14(22)18(19(15)23)21(24)27/h4-9,26H,2-3,10-11H2,1H3,(H2,24,27). The van der Waals surface area contributed by atoms with Crippen molar-refractivity contribution in [1.82, 2.24) is 4.98 Å². The van der Waals surface area contributed by atoms with E-state index in [0.717, 1.165) is 46.7 Å². The summed E-state index contributed by atoms with van der Waals surface area (Å²) in [6, 6.07) is 9.51. The Morgan fingerprint density at radius 3 is 2.55 bits per heavy atom. The normalized spacial score (nSPS) is 10.9. The summed E-state index contributed by atoms with van der Waals surface area (Å²) >= 11 is 1.45. The van der Waals surface area contributed by atoms with Crippen molar-refractivity contribution in [2.75, 3.05) is 0 Å². The molecule has 0 radical (unpaired) electrons. The second-order valence-corrected chi connectivity index (χ2v) is 7.54. The number of aryl methyl sites for hydroxylation is 1. The van der Waals surface area contributed by atoms with Crippen LogP contribution in [-0.4, -0.2) is 16.0 Å². The number of amides is 1. The van der Waals surface area contributed by atoms with Crippen LogP contribution in [0.25, 0.3) is 11.3 Å². The lowest BCUT2D eigenvalue weighted by Crippen LogP contribution is -2.16. The highest BCUT2D eigenvalue weighted by Gasteiger charge is 2.20. The van der Waals surface area contributed by atoms with Crippen molar-refractivity contribution < 1.29 is 23.4 Å². The first-order valence-electron chi connectivity index (χ1n) is 9.04. The number of ether oxygens (including phenoxy) is 1. The van der Waals surface area contributed by atoms with Gasteiger partial charge >= 0.3 is 0 Å². The molecule has 8 heteroatoms. The largest absolute Gasteiger partial charge is 0.483 e. The van der Waals surface area contributed by atoms with Crippen LogP contribution in [0.5, 0.6) is 5.75 Å². The molecule has 152 valence electrons. The average Bonchev–Trinajstić information content (AvgIpc) is 3.10. The summed E-state index contributed by atoms with van der Waals surface area (Å²) in [6.45, 7) is 2.00. The molecule has 0 unspecified atom stereocenters. The second kappa shape index (κ2) is 9.11. The number of benzene rings is 2. The van der Waals surface area contributed by atoms with E-state index in [9.17, 15) is 18.7 Å². The molecule has 0 aliphatic heterocycles. The van der Waals surface area contributed by atoms with Crippen LogP contribution in [0.3, 0.4) is 0 Å². The first-order chi connectivity index (χ1) is 13.9. The molecule has 2 aromatic carbocycles. The number of primary amides is 1. The highest BCUT2D eigenvalue weighted by Crippen LogP contribution is 2.31. The number of aliphatic hydroxyl groups is 1. The topological polar surface area (TPSA) is 85.4 Å². The van der Waals surface area contributed by atoms with E-state index in [2.05, 4.69) is 11.9 Å². The van der Waals surface area contributed by atoms with E-state index >= 15 is 0 Å². The third kappa shape index (κ3) is 4.60. The van der Waals surface area contributed by atoms with E-state index in [4.69, 9.17) is 10.5 Å².